The molecule has 202 valence electrons. The molecule has 4 aliphatic heterocycles. The number of aromatic nitrogens is 3. The summed E-state index contributed by atoms with van der Waals surface area (Å²) in [6, 6.07) is 15.8. The van der Waals surface area contributed by atoms with E-state index in [4.69, 9.17) is 0 Å². The van der Waals surface area contributed by atoms with Crippen molar-refractivity contribution in [1.82, 2.24) is 30.1 Å². The molecule has 7 rings (SSSR count). The van der Waals surface area contributed by atoms with Crippen molar-refractivity contribution in [3.8, 4) is 0 Å². The quantitative estimate of drug-likeness (QED) is 0.546. The molecule has 3 amide bonds. The lowest BCUT2D eigenvalue weighted by molar-refractivity contribution is -0.138. The second-order valence-corrected chi connectivity index (χ2v) is 11.1. The van der Waals surface area contributed by atoms with Crippen molar-refractivity contribution in [2.45, 2.75) is 50.2 Å². The minimum absolute atomic E-state index is 0.0119. The van der Waals surface area contributed by atoms with Gasteiger partial charge in [0.25, 0.3) is 5.91 Å². The van der Waals surface area contributed by atoms with Crippen LogP contribution in [0.15, 0.2) is 48.5 Å². The van der Waals surface area contributed by atoms with E-state index in [1.54, 1.807) is 0 Å². The number of rotatable bonds is 2. The third kappa shape index (κ3) is 3.76. The van der Waals surface area contributed by atoms with Crippen molar-refractivity contribution in [2.75, 3.05) is 37.6 Å². The molecule has 2 aromatic carbocycles. The average molecular weight is 528 g/mol. The van der Waals surface area contributed by atoms with E-state index in [0.717, 1.165) is 41.7 Å². The number of hydrogen-bond acceptors (Lipinski definition) is 6. The molecule has 1 spiro atoms. The first-order valence-electron chi connectivity index (χ1n) is 14.1. The van der Waals surface area contributed by atoms with E-state index in [1.807, 2.05) is 58.3 Å². The van der Waals surface area contributed by atoms with Crippen LogP contribution in [0.4, 0.5) is 5.69 Å². The van der Waals surface area contributed by atoms with E-state index in [9.17, 15) is 14.4 Å². The van der Waals surface area contributed by atoms with Crippen LogP contribution in [0.2, 0.25) is 0 Å². The Morgan fingerprint density at radius 2 is 1.67 bits per heavy atom. The number of nitrogens with one attached hydrogen (secondary N) is 1. The van der Waals surface area contributed by atoms with Crippen LogP contribution >= 0.6 is 0 Å². The Bertz CT molecular complexity index is 1420. The van der Waals surface area contributed by atoms with Gasteiger partial charge in [-0.3, -0.25) is 19.3 Å². The molecule has 3 atom stereocenters. The highest BCUT2D eigenvalue weighted by Crippen LogP contribution is 2.57. The van der Waals surface area contributed by atoms with Gasteiger partial charge in [0.2, 0.25) is 11.8 Å². The number of amides is 3. The summed E-state index contributed by atoms with van der Waals surface area (Å²) in [4.78, 5) is 48.9. The summed E-state index contributed by atoms with van der Waals surface area (Å²) in [5.41, 5.74) is 2.43. The lowest BCUT2D eigenvalue weighted by Crippen LogP contribution is -2.56. The summed E-state index contributed by atoms with van der Waals surface area (Å²) < 4.78 is 0. The molecular weight excluding hydrogens is 494 g/mol. The van der Waals surface area contributed by atoms with Gasteiger partial charge in [-0.15, -0.1) is 0 Å². The van der Waals surface area contributed by atoms with Gasteiger partial charge in [0, 0.05) is 43.5 Å². The number of nitrogens with zero attached hydrogens (tertiary/aromatic N) is 6. The molecule has 39 heavy (non-hydrogen) atoms. The van der Waals surface area contributed by atoms with Crippen molar-refractivity contribution in [3.05, 3.63) is 54.1 Å². The van der Waals surface area contributed by atoms with E-state index in [-0.39, 0.29) is 30.3 Å². The predicted octanol–water partition coefficient (Wildman–Crippen LogP) is 1.90. The maximum Gasteiger partial charge on any atom is 0.253 e. The summed E-state index contributed by atoms with van der Waals surface area (Å²) in [6.45, 7) is 2.88. The molecule has 5 heterocycles. The van der Waals surface area contributed by atoms with Gasteiger partial charge in [0.1, 0.15) is 23.1 Å². The normalized spacial score (nSPS) is 27.4. The van der Waals surface area contributed by atoms with Crippen LogP contribution in [-0.4, -0.2) is 81.3 Å². The number of carbonyl (C=O) groups is 3. The summed E-state index contributed by atoms with van der Waals surface area (Å²) in [5, 5.41) is 12.0. The molecule has 2 bridgehead atoms. The highest BCUT2D eigenvalue weighted by molar-refractivity contribution is 6.10. The van der Waals surface area contributed by atoms with Crippen molar-refractivity contribution in [3.63, 3.8) is 0 Å². The maximum absolute atomic E-state index is 14.4. The molecule has 4 aliphatic rings. The summed E-state index contributed by atoms with van der Waals surface area (Å²) in [5.74, 6) is -0.533. The van der Waals surface area contributed by atoms with Crippen molar-refractivity contribution < 1.29 is 14.4 Å². The number of hydrogen-bond donors (Lipinski definition) is 1. The van der Waals surface area contributed by atoms with Gasteiger partial charge in [-0.05, 0) is 56.8 Å². The van der Waals surface area contributed by atoms with E-state index >= 15 is 0 Å². The minimum atomic E-state index is -0.931. The van der Waals surface area contributed by atoms with E-state index in [2.05, 4.69) is 20.4 Å². The number of benzene rings is 2. The zero-order valence-corrected chi connectivity index (χ0v) is 22.0. The Morgan fingerprint density at radius 1 is 0.923 bits per heavy atom. The van der Waals surface area contributed by atoms with E-state index < -0.39 is 11.5 Å². The van der Waals surface area contributed by atoms with Gasteiger partial charge in [0.15, 0.2) is 0 Å². The van der Waals surface area contributed by atoms with Gasteiger partial charge in [0.05, 0.1) is 5.92 Å². The molecular formula is C29H33N7O3. The zero-order valence-electron chi connectivity index (χ0n) is 22.0. The van der Waals surface area contributed by atoms with Crippen molar-refractivity contribution in [2.24, 2.45) is 5.92 Å². The van der Waals surface area contributed by atoms with Crippen LogP contribution in [-0.2, 0) is 26.5 Å². The summed E-state index contributed by atoms with van der Waals surface area (Å²) >= 11 is 0. The van der Waals surface area contributed by atoms with Crippen LogP contribution < -0.4 is 10.2 Å². The minimum Gasteiger partial charge on any atom is -0.356 e. The Morgan fingerprint density at radius 3 is 2.49 bits per heavy atom. The SMILES string of the molecule is O=C1NCCCN(C(=O)Cn2nc3ccccc3n2)CCCN2C(=O)[C@@]3(c4ccccc42)[C@H]1C[C@@H]1CCCN13. The Kier molecular flexibility index (Phi) is 5.88. The van der Waals surface area contributed by atoms with Crippen molar-refractivity contribution in [1.29, 1.82) is 0 Å². The van der Waals surface area contributed by atoms with Crippen LogP contribution in [0.3, 0.4) is 0 Å². The fourth-order valence-electron chi connectivity index (χ4n) is 7.36. The fourth-order valence-corrected chi connectivity index (χ4v) is 7.36. The molecule has 10 heteroatoms. The summed E-state index contributed by atoms with van der Waals surface area (Å²) in [6.07, 6.45) is 4.07. The summed E-state index contributed by atoms with van der Waals surface area (Å²) in [7, 11) is 0. The standard InChI is InChI=1S/C29H33N7O3/c37-26(19-36-31-23-10-2-3-11-24(23)32-36)33-14-6-13-30-27(38)22-18-20-8-5-17-35(20)29(22)21-9-1-4-12-25(21)34(28(29)39)16-7-15-33/h1-4,9-12,20,22H,5-8,13-19H2,(H,30,38)/t20-,22-,29+/m0/s1. The number of para-hydroxylation sites is 1. The smallest absolute Gasteiger partial charge is 0.253 e. The molecule has 0 unspecified atom stereocenters. The maximum atomic E-state index is 14.4. The highest BCUT2D eigenvalue weighted by Gasteiger charge is 2.67. The molecule has 0 saturated carbocycles. The predicted molar refractivity (Wildman–Crippen MR) is 145 cm³/mol. The lowest BCUT2D eigenvalue weighted by atomic mass is 9.78. The van der Waals surface area contributed by atoms with Crippen molar-refractivity contribution >= 4 is 34.4 Å². The fraction of sp³-hybridized carbons (Fsp3) is 0.483. The van der Waals surface area contributed by atoms with Gasteiger partial charge in [-0.2, -0.15) is 15.0 Å². The first-order valence-corrected chi connectivity index (χ1v) is 14.1. The third-order valence-corrected chi connectivity index (χ3v) is 9.01. The first kappa shape index (κ1) is 24.3. The second-order valence-electron chi connectivity index (χ2n) is 11.1. The Balaban J connectivity index is 1.17. The van der Waals surface area contributed by atoms with Gasteiger partial charge in [-0.25, -0.2) is 0 Å². The van der Waals surface area contributed by atoms with Gasteiger partial charge in [-0.1, -0.05) is 30.3 Å². The van der Waals surface area contributed by atoms with Crippen LogP contribution in [0.25, 0.3) is 11.0 Å². The lowest BCUT2D eigenvalue weighted by Gasteiger charge is -2.37. The highest BCUT2D eigenvalue weighted by atomic mass is 16.2. The molecule has 0 radical (unpaired) electrons. The average Bonchev–Trinajstić information content (AvgIpc) is 3.69. The van der Waals surface area contributed by atoms with E-state index in [1.165, 1.54) is 4.80 Å². The molecule has 3 saturated heterocycles. The van der Waals surface area contributed by atoms with Gasteiger partial charge >= 0.3 is 0 Å². The number of fused-ring (bicyclic) bond motifs is 5. The Labute approximate surface area is 226 Å². The zero-order chi connectivity index (χ0) is 26.6. The molecule has 1 N–H and O–H groups in total. The van der Waals surface area contributed by atoms with E-state index in [0.29, 0.717) is 45.4 Å². The van der Waals surface area contributed by atoms with Crippen LogP contribution in [0, 0.1) is 5.92 Å². The molecule has 0 aliphatic carbocycles. The molecule has 10 nitrogen and oxygen atoms in total. The monoisotopic (exact) mass is 527 g/mol. The number of carbonyl (C=O) groups excluding carboxylic acids is 3. The second kappa shape index (κ2) is 9.44. The van der Waals surface area contributed by atoms with Gasteiger partial charge < -0.3 is 15.1 Å². The third-order valence-electron chi connectivity index (χ3n) is 9.01. The first-order chi connectivity index (χ1) is 19.1. The largest absolute Gasteiger partial charge is 0.356 e. The molecule has 1 aromatic heterocycles. The Hall–Kier alpha value is -3.79. The molecule has 3 fully saturated rings. The topological polar surface area (TPSA) is 104 Å². The van der Waals surface area contributed by atoms with Crippen LogP contribution in [0.1, 0.15) is 37.7 Å². The molecule has 3 aromatic rings. The van der Waals surface area contributed by atoms with Crippen LogP contribution in [0.5, 0.6) is 0 Å². The number of anilines is 1.